The summed E-state index contributed by atoms with van der Waals surface area (Å²) in [6.07, 6.45) is 0. The summed E-state index contributed by atoms with van der Waals surface area (Å²) in [5.41, 5.74) is 3.12. The Morgan fingerprint density at radius 1 is 0.939 bits per heavy atom. The lowest BCUT2D eigenvalue weighted by Crippen LogP contribution is -2.49. The standard InChI is InChI=1S/C26H24ClN3O2S/c27-20-11-9-19(10-12-20)17-29-13-15-30(16-14-29)25(31)18-32-23-7-3-1-5-21(23)26-28-22-6-2-4-8-24(22)33-26/h1-12H,13-18H2. The fourth-order valence-corrected chi connectivity index (χ4v) is 5.11. The Kier molecular flexibility index (Phi) is 6.58. The molecule has 2 heterocycles. The Morgan fingerprint density at radius 2 is 1.67 bits per heavy atom. The number of amides is 1. The zero-order valence-electron chi connectivity index (χ0n) is 18.1. The first-order chi connectivity index (χ1) is 16.2. The molecule has 33 heavy (non-hydrogen) atoms. The second-order valence-electron chi connectivity index (χ2n) is 8.05. The van der Waals surface area contributed by atoms with Crippen LogP contribution in [0.1, 0.15) is 5.56 Å². The molecule has 168 valence electrons. The third-order valence-corrected chi connectivity index (χ3v) is 7.13. The van der Waals surface area contributed by atoms with Crippen molar-refractivity contribution < 1.29 is 9.53 Å². The summed E-state index contributed by atoms with van der Waals surface area (Å²) in [4.78, 5) is 21.8. The highest BCUT2D eigenvalue weighted by molar-refractivity contribution is 7.21. The molecule has 0 bridgehead atoms. The second-order valence-corrected chi connectivity index (χ2v) is 9.52. The van der Waals surface area contributed by atoms with Crippen LogP contribution in [0.2, 0.25) is 5.02 Å². The van der Waals surface area contributed by atoms with Crippen molar-refractivity contribution in [2.75, 3.05) is 32.8 Å². The topological polar surface area (TPSA) is 45.7 Å². The van der Waals surface area contributed by atoms with Gasteiger partial charge in [-0.1, -0.05) is 48.0 Å². The van der Waals surface area contributed by atoms with Crippen LogP contribution in [-0.2, 0) is 11.3 Å². The van der Waals surface area contributed by atoms with Crippen LogP contribution < -0.4 is 4.74 Å². The van der Waals surface area contributed by atoms with Crippen molar-refractivity contribution in [1.29, 1.82) is 0 Å². The van der Waals surface area contributed by atoms with Crippen LogP contribution >= 0.6 is 22.9 Å². The number of hydrogen-bond donors (Lipinski definition) is 0. The minimum absolute atomic E-state index is 0.0141. The van der Waals surface area contributed by atoms with Crippen molar-refractivity contribution in [3.8, 4) is 16.3 Å². The quantitative estimate of drug-likeness (QED) is 0.376. The summed E-state index contributed by atoms with van der Waals surface area (Å²) >= 11 is 7.60. The number of piperazine rings is 1. The molecule has 0 radical (unpaired) electrons. The molecular formula is C26H24ClN3O2S. The van der Waals surface area contributed by atoms with E-state index in [4.69, 9.17) is 21.3 Å². The van der Waals surface area contributed by atoms with Crippen LogP contribution in [0.3, 0.4) is 0 Å². The van der Waals surface area contributed by atoms with Crippen molar-refractivity contribution >= 4 is 39.1 Å². The Labute approximate surface area is 202 Å². The van der Waals surface area contributed by atoms with E-state index in [-0.39, 0.29) is 12.5 Å². The van der Waals surface area contributed by atoms with E-state index in [1.807, 2.05) is 59.5 Å². The number of ether oxygens (including phenoxy) is 1. The fraction of sp³-hybridized carbons (Fsp3) is 0.231. The lowest BCUT2D eigenvalue weighted by Gasteiger charge is -2.34. The molecule has 1 amide bonds. The highest BCUT2D eigenvalue weighted by Crippen LogP contribution is 2.35. The number of carbonyl (C=O) groups excluding carboxylic acids is 1. The second kappa shape index (κ2) is 9.91. The van der Waals surface area contributed by atoms with E-state index >= 15 is 0 Å². The molecule has 0 N–H and O–H groups in total. The molecule has 0 aliphatic carbocycles. The molecule has 3 aromatic carbocycles. The molecule has 7 heteroatoms. The third-order valence-electron chi connectivity index (χ3n) is 5.81. The summed E-state index contributed by atoms with van der Waals surface area (Å²) in [6, 6.07) is 23.8. The zero-order chi connectivity index (χ0) is 22.6. The number of benzene rings is 3. The van der Waals surface area contributed by atoms with Gasteiger partial charge in [-0.2, -0.15) is 0 Å². The average molecular weight is 478 g/mol. The van der Waals surface area contributed by atoms with Crippen molar-refractivity contribution in [2.24, 2.45) is 0 Å². The summed E-state index contributed by atoms with van der Waals surface area (Å²) in [6.45, 7) is 3.99. The van der Waals surface area contributed by atoms with Gasteiger partial charge in [-0.25, -0.2) is 4.98 Å². The van der Waals surface area contributed by atoms with Gasteiger partial charge in [0, 0.05) is 37.7 Å². The number of aromatic nitrogens is 1. The minimum atomic E-state index is 0.0141. The summed E-state index contributed by atoms with van der Waals surface area (Å²) in [5, 5.41) is 1.65. The molecule has 1 saturated heterocycles. The van der Waals surface area contributed by atoms with E-state index in [0.29, 0.717) is 18.8 Å². The van der Waals surface area contributed by atoms with Gasteiger partial charge in [0.2, 0.25) is 0 Å². The lowest BCUT2D eigenvalue weighted by atomic mass is 10.2. The predicted molar refractivity (Wildman–Crippen MR) is 134 cm³/mol. The molecule has 1 aliphatic rings. The summed E-state index contributed by atoms with van der Waals surface area (Å²) in [5.74, 6) is 0.700. The largest absolute Gasteiger partial charge is 0.483 e. The van der Waals surface area contributed by atoms with Crippen LogP contribution in [0.25, 0.3) is 20.8 Å². The number of hydrogen-bond acceptors (Lipinski definition) is 5. The first-order valence-electron chi connectivity index (χ1n) is 11.0. The van der Waals surface area contributed by atoms with Gasteiger partial charge in [0.05, 0.1) is 15.8 Å². The van der Waals surface area contributed by atoms with Crippen molar-refractivity contribution in [2.45, 2.75) is 6.54 Å². The van der Waals surface area contributed by atoms with E-state index in [9.17, 15) is 4.79 Å². The van der Waals surface area contributed by atoms with Gasteiger partial charge in [-0.3, -0.25) is 9.69 Å². The molecule has 5 rings (SSSR count). The molecule has 1 aromatic heterocycles. The van der Waals surface area contributed by atoms with Gasteiger partial charge < -0.3 is 9.64 Å². The van der Waals surface area contributed by atoms with Crippen molar-refractivity contribution in [1.82, 2.24) is 14.8 Å². The number of rotatable bonds is 6. The molecular weight excluding hydrogens is 454 g/mol. The average Bonchev–Trinajstić information content (AvgIpc) is 3.29. The zero-order valence-corrected chi connectivity index (χ0v) is 19.7. The van der Waals surface area contributed by atoms with Gasteiger partial charge in [0.25, 0.3) is 5.91 Å². The number of nitrogens with zero attached hydrogens (tertiary/aromatic N) is 3. The Bertz CT molecular complexity index is 1220. The number of carbonyl (C=O) groups is 1. The Morgan fingerprint density at radius 3 is 2.45 bits per heavy atom. The van der Waals surface area contributed by atoms with Gasteiger partial charge >= 0.3 is 0 Å². The van der Waals surface area contributed by atoms with Gasteiger partial charge in [0.1, 0.15) is 10.8 Å². The maximum Gasteiger partial charge on any atom is 0.260 e. The summed E-state index contributed by atoms with van der Waals surface area (Å²) in [7, 11) is 0. The smallest absolute Gasteiger partial charge is 0.260 e. The molecule has 1 aliphatic heterocycles. The molecule has 5 nitrogen and oxygen atoms in total. The Hall–Kier alpha value is -2.93. The maximum atomic E-state index is 12.8. The van der Waals surface area contributed by atoms with Crippen LogP contribution in [0.15, 0.2) is 72.8 Å². The number of halogens is 1. The minimum Gasteiger partial charge on any atom is -0.483 e. The van der Waals surface area contributed by atoms with Crippen LogP contribution in [0.5, 0.6) is 5.75 Å². The van der Waals surface area contributed by atoms with Crippen LogP contribution in [-0.4, -0.2) is 53.5 Å². The molecule has 0 atom stereocenters. The van der Waals surface area contributed by atoms with Crippen molar-refractivity contribution in [3.63, 3.8) is 0 Å². The molecule has 0 unspecified atom stereocenters. The first kappa shape index (κ1) is 21.9. The molecule has 4 aromatic rings. The monoisotopic (exact) mass is 477 g/mol. The third kappa shape index (κ3) is 5.19. The number of thiazole rings is 1. The fourth-order valence-electron chi connectivity index (χ4n) is 3.99. The highest BCUT2D eigenvalue weighted by atomic mass is 35.5. The highest BCUT2D eigenvalue weighted by Gasteiger charge is 2.22. The first-order valence-corrected chi connectivity index (χ1v) is 12.2. The van der Waals surface area contributed by atoms with Gasteiger partial charge in [-0.15, -0.1) is 11.3 Å². The van der Waals surface area contributed by atoms with Gasteiger partial charge in [-0.05, 0) is 42.0 Å². The number of para-hydroxylation sites is 2. The van der Waals surface area contributed by atoms with E-state index < -0.39 is 0 Å². The van der Waals surface area contributed by atoms with E-state index in [1.165, 1.54) is 5.56 Å². The molecule has 1 fully saturated rings. The SMILES string of the molecule is O=C(COc1ccccc1-c1nc2ccccc2s1)N1CCN(Cc2ccc(Cl)cc2)CC1. The normalized spacial score (nSPS) is 14.5. The number of fused-ring (bicyclic) bond motifs is 1. The van der Waals surface area contributed by atoms with E-state index in [0.717, 1.165) is 45.4 Å². The van der Waals surface area contributed by atoms with E-state index in [2.05, 4.69) is 23.1 Å². The Balaban J connectivity index is 1.18. The maximum absolute atomic E-state index is 12.8. The van der Waals surface area contributed by atoms with E-state index in [1.54, 1.807) is 11.3 Å². The lowest BCUT2D eigenvalue weighted by molar-refractivity contribution is -0.135. The van der Waals surface area contributed by atoms with Crippen molar-refractivity contribution in [3.05, 3.63) is 83.4 Å². The summed E-state index contributed by atoms with van der Waals surface area (Å²) < 4.78 is 7.12. The van der Waals surface area contributed by atoms with Gasteiger partial charge in [0.15, 0.2) is 6.61 Å². The molecule has 0 spiro atoms. The predicted octanol–water partition coefficient (Wildman–Crippen LogP) is 5.34. The van der Waals surface area contributed by atoms with Crippen LogP contribution in [0, 0.1) is 0 Å². The molecule has 0 saturated carbocycles. The van der Waals surface area contributed by atoms with Crippen LogP contribution in [0.4, 0.5) is 0 Å².